The molecule has 10 heteroatoms. The molecule has 1 N–H and O–H groups in total. The number of halogens is 4. The van der Waals surface area contributed by atoms with Crippen LogP contribution in [0.5, 0.6) is 5.75 Å². The summed E-state index contributed by atoms with van der Waals surface area (Å²) in [6.07, 6.45) is 0.124. The van der Waals surface area contributed by atoms with Crippen LogP contribution in [-0.4, -0.2) is 26.1 Å². The van der Waals surface area contributed by atoms with Crippen molar-refractivity contribution in [2.45, 2.75) is 19.5 Å². The van der Waals surface area contributed by atoms with Gasteiger partial charge in [0.05, 0.1) is 23.3 Å². The van der Waals surface area contributed by atoms with E-state index < -0.39 is 12.1 Å². The topological polar surface area (TPSA) is 64.9 Å². The molecule has 1 aliphatic rings. The number of nitrogens with one attached hydrogen (secondary N) is 1. The number of alkyl halides is 3. The molecule has 6 nitrogen and oxygen atoms in total. The summed E-state index contributed by atoms with van der Waals surface area (Å²) in [7, 11) is 0. The minimum Gasteiger partial charge on any atom is -0.406 e. The molecular formula is C22H15ClF3N5O. The number of fused-ring (bicyclic) bond motifs is 1. The fourth-order valence-electron chi connectivity index (χ4n) is 3.72. The van der Waals surface area contributed by atoms with E-state index in [0.717, 1.165) is 23.7 Å². The van der Waals surface area contributed by atoms with Gasteiger partial charge >= 0.3 is 6.36 Å². The predicted octanol–water partition coefficient (Wildman–Crippen LogP) is 5.15. The van der Waals surface area contributed by atoms with E-state index >= 15 is 0 Å². The van der Waals surface area contributed by atoms with Crippen molar-refractivity contribution in [3.8, 4) is 34.1 Å². The Bertz CT molecular complexity index is 1290. The van der Waals surface area contributed by atoms with Crippen LogP contribution in [0.2, 0.25) is 5.02 Å². The van der Waals surface area contributed by atoms with E-state index in [1.54, 1.807) is 47.5 Å². The molecule has 1 aliphatic heterocycles. The zero-order valence-electron chi connectivity index (χ0n) is 16.4. The average Bonchev–Trinajstić information content (AvgIpc) is 3.40. The molecule has 1 aromatic carbocycles. The normalized spacial score (nSPS) is 13.2. The molecule has 4 heterocycles. The second kappa shape index (κ2) is 7.92. The Hall–Kier alpha value is -3.43. The Balaban J connectivity index is 1.68. The molecule has 0 fully saturated rings. The number of nitrogens with zero attached hydrogens (tertiary/aromatic N) is 4. The number of rotatable bonds is 4. The Morgan fingerprint density at radius 1 is 1.06 bits per heavy atom. The van der Waals surface area contributed by atoms with Crippen molar-refractivity contribution in [2.24, 2.45) is 0 Å². The Kier molecular flexibility index (Phi) is 5.07. The maximum atomic E-state index is 12.8. The summed E-state index contributed by atoms with van der Waals surface area (Å²) in [5.41, 5.74) is 5.04. The van der Waals surface area contributed by atoms with Crippen LogP contribution in [-0.2, 0) is 13.1 Å². The molecule has 0 radical (unpaired) electrons. The Labute approximate surface area is 185 Å². The molecule has 32 heavy (non-hydrogen) atoms. The lowest BCUT2D eigenvalue weighted by Crippen LogP contribution is -2.17. The van der Waals surface area contributed by atoms with Crippen LogP contribution in [0.25, 0.3) is 28.3 Å². The molecule has 0 aliphatic carbocycles. The highest BCUT2D eigenvalue weighted by Gasteiger charge is 2.31. The van der Waals surface area contributed by atoms with Crippen LogP contribution in [0.3, 0.4) is 0 Å². The van der Waals surface area contributed by atoms with E-state index in [1.165, 1.54) is 6.07 Å². The van der Waals surface area contributed by atoms with Crippen molar-refractivity contribution in [2.75, 3.05) is 0 Å². The van der Waals surface area contributed by atoms with Crippen LogP contribution in [0.1, 0.15) is 11.1 Å². The van der Waals surface area contributed by atoms with Crippen molar-refractivity contribution in [1.29, 1.82) is 0 Å². The van der Waals surface area contributed by atoms with Crippen LogP contribution in [0.15, 0.2) is 61.1 Å². The third kappa shape index (κ3) is 4.04. The molecule has 162 valence electrons. The summed E-state index contributed by atoms with van der Waals surface area (Å²) in [6, 6.07) is 11.2. The van der Waals surface area contributed by atoms with Gasteiger partial charge in [0.1, 0.15) is 11.4 Å². The van der Waals surface area contributed by atoms with Gasteiger partial charge in [0.15, 0.2) is 0 Å². The second-order valence-corrected chi connectivity index (χ2v) is 7.60. The first kappa shape index (κ1) is 20.5. The Morgan fingerprint density at radius 2 is 1.94 bits per heavy atom. The van der Waals surface area contributed by atoms with Crippen molar-refractivity contribution in [3.63, 3.8) is 0 Å². The summed E-state index contributed by atoms with van der Waals surface area (Å²) in [5, 5.41) is 8.11. The van der Waals surface area contributed by atoms with Gasteiger partial charge in [0.2, 0.25) is 0 Å². The first-order valence-corrected chi connectivity index (χ1v) is 10.0. The number of ether oxygens (including phenoxy) is 1. The van der Waals surface area contributed by atoms with Crippen molar-refractivity contribution < 1.29 is 17.9 Å². The van der Waals surface area contributed by atoms with Gasteiger partial charge in [-0.3, -0.25) is 9.97 Å². The number of pyridine rings is 2. The lowest BCUT2D eigenvalue weighted by atomic mass is 10.1. The average molecular weight is 458 g/mol. The third-order valence-electron chi connectivity index (χ3n) is 5.01. The number of benzene rings is 1. The second-order valence-electron chi connectivity index (χ2n) is 7.16. The first-order valence-electron chi connectivity index (χ1n) is 9.62. The summed E-state index contributed by atoms with van der Waals surface area (Å²) >= 11 is 6.12. The molecule has 0 amide bonds. The molecule has 5 rings (SSSR count). The van der Waals surface area contributed by atoms with Gasteiger partial charge < -0.3 is 10.1 Å². The highest BCUT2D eigenvalue weighted by atomic mass is 35.5. The predicted molar refractivity (Wildman–Crippen MR) is 112 cm³/mol. The molecule has 0 saturated carbocycles. The van der Waals surface area contributed by atoms with Crippen LogP contribution in [0, 0.1) is 0 Å². The van der Waals surface area contributed by atoms with Gasteiger partial charge in [-0.05, 0) is 53.6 Å². The fourth-order valence-corrected chi connectivity index (χ4v) is 3.94. The summed E-state index contributed by atoms with van der Waals surface area (Å²) < 4.78 is 44.1. The molecule has 3 aromatic heterocycles. The van der Waals surface area contributed by atoms with Gasteiger partial charge in [0.25, 0.3) is 0 Å². The monoisotopic (exact) mass is 457 g/mol. The number of hydrogen-bond donors (Lipinski definition) is 1. The highest BCUT2D eigenvalue weighted by Crippen LogP contribution is 2.35. The minimum absolute atomic E-state index is 0.102. The molecule has 0 saturated heterocycles. The number of aromatic nitrogens is 4. The summed E-state index contributed by atoms with van der Waals surface area (Å²) in [6.45, 7) is 1.40. The van der Waals surface area contributed by atoms with Gasteiger partial charge in [-0.1, -0.05) is 11.6 Å². The lowest BCUT2D eigenvalue weighted by molar-refractivity contribution is -0.274. The quantitative estimate of drug-likeness (QED) is 0.459. The van der Waals surface area contributed by atoms with Gasteiger partial charge in [-0.2, -0.15) is 5.10 Å². The van der Waals surface area contributed by atoms with E-state index in [4.69, 9.17) is 16.7 Å². The zero-order valence-corrected chi connectivity index (χ0v) is 17.2. The molecule has 0 atom stereocenters. The molecule has 0 spiro atoms. The molecule has 0 unspecified atom stereocenters. The van der Waals surface area contributed by atoms with Crippen LogP contribution < -0.4 is 10.1 Å². The maximum absolute atomic E-state index is 12.8. The van der Waals surface area contributed by atoms with E-state index in [2.05, 4.69) is 20.0 Å². The van der Waals surface area contributed by atoms with Gasteiger partial charge in [-0.15, -0.1) is 13.2 Å². The third-order valence-corrected chi connectivity index (χ3v) is 5.23. The fraction of sp³-hybridized carbons (Fsp3) is 0.136. The summed E-state index contributed by atoms with van der Waals surface area (Å²) in [5.74, 6) is -0.414. The van der Waals surface area contributed by atoms with E-state index in [-0.39, 0.29) is 5.02 Å². The SMILES string of the molecule is FC(F)(F)Oc1cc(Cl)cc(-c2cc(-c3nccc4c3CNC4)nn2-c2cccnc2)c1. The van der Waals surface area contributed by atoms with Gasteiger partial charge in [-0.25, -0.2) is 4.68 Å². The highest BCUT2D eigenvalue weighted by molar-refractivity contribution is 6.31. The molecular weight excluding hydrogens is 443 g/mol. The minimum atomic E-state index is -4.84. The molecule has 4 aromatic rings. The smallest absolute Gasteiger partial charge is 0.406 e. The van der Waals surface area contributed by atoms with E-state index in [0.29, 0.717) is 34.9 Å². The van der Waals surface area contributed by atoms with Gasteiger partial charge in [0, 0.05) is 36.1 Å². The van der Waals surface area contributed by atoms with Crippen molar-refractivity contribution in [1.82, 2.24) is 25.1 Å². The van der Waals surface area contributed by atoms with E-state index in [1.807, 2.05) is 6.07 Å². The van der Waals surface area contributed by atoms with Crippen molar-refractivity contribution in [3.05, 3.63) is 77.2 Å². The first-order chi connectivity index (χ1) is 15.4. The van der Waals surface area contributed by atoms with E-state index in [9.17, 15) is 13.2 Å². The summed E-state index contributed by atoms with van der Waals surface area (Å²) in [4.78, 5) is 8.65. The van der Waals surface area contributed by atoms with Crippen LogP contribution >= 0.6 is 11.6 Å². The molecule has 0 bridgehead atoms. The zero-order chi connectivity index (χ0) is 22.3. The largest absolute Gasteiger partial charge is 0.573 e. The lowest BCUT2D eigenvalue weighted by Gasteiger charge is -2.12. The maximum Gasteiger partial charge on any atom is 0.573 e. The standard InChI is InChI=1S/C22H15ClF3N5O/c23-15-6-14(7-17(8-15)32-22(24,25)26)20-9-19(30-31(20)16-2-1-4-27-11-16)21-18-12-28-10-13(18)3-5-29-21/h1-9,11,28H,10,12H2. The number of hydrogen-bond acceptors (Lipinski definition) is 5. The van der Waals surface area contributed by atoms with Crippen molar-refractivity contribution >= 4 is 11.6 Å². The Morgan fingerprint density at radius 3 is 2.72 bits per heavy atom. The van der Waals surface area contributed by atoms with Crippen LogP contribution in [0.4, 0.5) is 13.2 Å².